The van der Waals surface area contributed by atoms with Crippen LogP contribution in [0.4, 0.5) is 10.5 Å². The summed E-state index contributed by atoms with van der Waals surface area (Å²) in [5, 5.41) is 20.0. The number of rotatable bonds is 4. The van der Waals surface area contributed by atoms with Crippen molar-refractivity contribution in [1.29, 1.82) is 5.26 Å². The van der Waals surface area contributed by atoms with Gasteiger partial charge in [0.15, 0.2) is 0 Å². The van der Waals surface area contributed by atoms with Crippen LogP contribution in [0.2, 0.25) is 0 Å². The number of carbonyl (C=O) groups is 2. The maximum absolute atomic E-state index is 11.8. The molecule has 0 bridgehead atoms. The second-order valence-corrected chi connectivity index (χ2v) is 4.09. The highest BCUT2D eigenvalue weighted by Gasteiger charge is 2.11. The van der Waals surface area contributed by atoms with Crippen LogP contribution in [-0.4, -0.2) is 35.6 Å². The van der Waals surface area contributed by atoms with Gasteiger partial charge in [-0.3, -0.25) is 0 Å². The van der Waals surface area contributed by atoms with Gasteiger partial charge in [0.25, 0.3) is 0 Å². The van der Waals surface area contributed by atoms with E-state index in [1.54, 1.807) is 20.0 Å². The number of urea groups is 1. The van der Waals surface area contributed by atoms with Gasteiger partial charge in [0.2, 0.25) is 0 Å². The monoisotopic (exact) mass is 261 g/mol. The smallest absolute Gasteiger partial charge is 0.335 e. The number of nitrogens with zero attached hydrogens (tertiary/aromatic N) is 2. The molecule has 100 valence electrons. The van der Waals surface area contributed by atoms with Gasteiger partial charge in [-0.05, 0) is 30.7 Å². The summed E-state index contributed by atoms with van der Waals surface area (Å²) in [6, 6.07) is 6.10. The second kappa shape index (κ2) is 6.40. The third-order valence-corrected chi connectivity index (χ3v) is 2.62. The summed E-state index contributed by atoms with van der Waals surface area (Å²) < 4.78 is 0. The van der Waals surface area contributed by atoms with Crippen molar-refractivity contribution in [2.24, 2.45) is 0 Å². The zero-order valence-corrected chi connectivity index (χ0v) is 10.8. The number of benzene rings is 1. The molecule has 2 amide bonds. The van der Waals surface area contributed by atoms with Crippen molar-refractivity contribution in [3.8, 4) is 6.07 Å². The first-order valence-electron chi connectivity index (χ1n) is 5.68. The summed E-state index contributed by atoms with van der Waals surface area (Å²) in [6.07, 6.45) is 0.265. The molecule has 6 heteroatoms. The highest BCUT2D eigenvalue weighted by Crippen LogP contribution is 2.17. The number of hydrogen-bond donors (Lipinski definition) is 2. The molecule has 0 spiro atoms. The average Bonchev–Trinajstić information content (AvgIpc) is 2.37. The van der Waals surface area contributed by atoms with Crippen molar-refractivity contribution in [1.82, 2.24) is 4.90 Å². The molecule has 1 aromatic carbocycles. The summed E-state index contributed by atoms with van der Waals surface area (Å²) in [4.78, 5) is 24.0. The normalized spacial score (nSPS) is 9.53. The quantitative estimate of drug-likeness (QED) is 0.867. The summed E-state index contributed by atoms with van der Waals surface area (Å²) in [5.74, 6) is -1.01. The fourth-order valence-electron chi connectivity index (χ4n) is 1.47. The maximum atomic E-state index is 11.8. The standard InChI is InChI=1S/C13H15N3O3/c1-9-8-10(12(17)18)4-5-11(9)15-13(19)16(2)7-3-6-14/h4-5,8H,3,7H2,1-2H3,(H,15,19)(H,17,18). The Labute approximate surface area is 111 Å². The fourth-order valence-corrected chi connectivity index (χ4v) is 1.47. The van der Waals surface area contributed by atoms with Gasteiger partial charge in [-0.1, -0.05) is 0 Å². The summed E-state index contributed by atoms with van der Waals surface area (Å²) in [7, 11) is 1.59. The van der Waals surface area contributed by atoms with E-state index in [0.29, 0.717) is 17.8 Å². The number of nitriles is 1. The van der Waals surface area contributed by atoms with Crippen molar-refractivity contribution < 1.29 is 14.7 Å². The predicted octanol–water partition coefficient (Wildman–Crippen LogP) is 2.07. The van der Waals surface area contributed by atoms with Crippen LogP contribution in [0.25, 0.3) is 0 Å². The SMILES string of the molecule is Cc1cc(C(=O)O)ccc1NC(=O)N(C)CCC#N. The number of hydrogen-bond acceptors (Lipinski definition) is 3. The Morgan fingerprint density at radius 3 is 2.68 bits per heavy atom. The number of anilines is 1. The minimum absolute atomic E-state index is 0.174. The van der Waals surface area contributed by atoms with Gasteiger partial charge in [0.1, 0.15) is 0 Å². The topological polar surface area (TPSA) is 93.4 Å². The molecule has 0 fully saturated rings. The van der Waals surface area contributed by atoms with Gasteiger partial charge in [-0.15, -0.1) is 0 Å². The van der Waals surface area contributed by atoms with Gasteiger partial charge >= 0.3 is 12.0 Å². The molecule has 0 aromatic heterocycles. The maximum Gasteiger partial charge on any atom is 0.335 e. The number of carboxylic acid groups (broad SMARTS) is 1. The molecule has 0 saturated heterocycles. The Hall–Kier alpha value is -2.55. The molecule has 0 atom stereocenters. The van der Waals surface area contributed by atoms with Crippen LogP contribution in [0, 0.1) is 18.3 Å². The lowest BCUT2D eigenvalue weighted by Gasteiger charge is -2.17. The van der Waals surface area contributed by atoms with Crippen LogP contribution in [-0.2, 0) is 0 Å². The fraction of sp³-hybridized carbons (Fsp3) is 0.308. The largest absolute Gasteiger partial charge is 0.478 e. The van der Waals surface area contributed by atoms with Gasteiger partial charge in [0.05, 0.1) is 18.1 Å². The first kappa shape index (κ1) is 14.5. The Balaban J connectivity index is 2.75. The Morgan fingerprint density at radius 2 is 2.16 bits per heavy atom. The molecule has 1 rings (SSSR count). The van der Waals surface area contributed by atoms with Crippen LogP contribution in [0.1, 0.15) is 22.3 Å². The molecule has 0 unspecified atom stereocenters. The zero-order valence-electron chi connectivity index (χ0n) is 10.8. The molecule has 6 nitrogen and oxygen atoms in total. The third kappa shape index (κ3) is 4.00. The number of aromatic carboxylic acids is 1. The van der Waals surface area contributed by atoms with E-state index in [1.165, 1.54) is 17.0 Å². The first-order valence-corrected chi connectivity index (χ1v) is 5.68. The van der Waals surface area contributed by atoms with Crippen LogP contribution >= 0.6 is 0 Å². The van der Waals surface area contributed by atoms with E-state index in [9.17, 15) is 9.59 Å². The first-order chi connectivity index (χ1) is 8.95. The van der Waals surface area contributed by atoms with Gasteiger partial charge < -0.3 is 15.3 Å². The highest BCUT2D eigenvalue weighted by molar-refractivity contribution is 5.92. The molecule has 0 heterocycles. The van der Waals surface area contributed by atoms with Crippen molar-refractivity contribution >= 4 is 17.7 Å². The molecule has 2 N–H and O–H groups in total. The number of aryl methyl sites for hydroxylation is 1. The molecule has 0 radical (unpaired) electrons. The summed E-state index contributed by atoms with van der Waals surface area (Å²) in [5.41, 5.74) is 1.40. The van der Waals surface area contributed by atoms with Crippen molar-refractivity contribution in [3.63, 3.8) is 0 Å². The number of nitrogens with one attached hydrogen (secondary N) is 1. The third-order valence-electron chi connectivity index (χ3n) is 2.62. The van der Waals surface area contributed by atoms with Crippen LogP contribution in [0.15, 0.2) is 18.2 Å². The zero-order chi connectivity index (χ0) is 14.4. The molecule has 0 aliphatic rings. The van der Waals surface area contributed by atoms with Crippen LogP contribution in [0.3, 0.4) is 0 Å². The van der Waals surface area contributed by atoms with Crippen molar-refractivity contribution in [3.05, 3.63) is 29.3 Å². The van der Waals surface area contributed by atoms with E-state index in [-0.39, 0.29) is 18.0 Å². The lowest BCUT2D eigenvalue weighted by Crippen LogP contribution is -2.32. The number of amides is 2. The van der Waals surface area contributed by atoms with Crippen LogP contribution in [0.5, 0.6) is 0 Å². The Bertz CT molecular complexity index is 534. The van der Waals surface area contributed by atoms with Crippen molar-refractivity contribution in [2.75, 3.05) is 18.9 Å². The average molecular weight is 261 g/mol. The molecular formula is C13H15N3O3. The minimum Gasteiger partial charge on any atom is -0.478 e. The molecule has 19 heavy (non-hydrogen) atoms. The van der Waals surface area contributed by atoms with E-state index in [4.69, 9.17) is 10.4 Å². The summed E-state index contributed by atoms with van der Waals surface area (Å²) >= 11 is 0. The van der Waals surface area contributed by atoms with E-state index < -0.39 is 5.97 Å². The van der Waals surface area contributed by atoms with E-state index in [2.05, 4.69) is 5.32 Å². The number of carboxylic acids is 1. The van der Waals surface area contributed by atoms with E-state index in [0.717, 1.165) is 0 Å². The Morgan fingerprint density at radius 1 is 1.47 bits per heavy atom. The van der Waals surface area contributed by atoms with Gasteiger partial charge in [-0.2, -0.15) is 5.26 Å². The van der Waals surface area contributed by atoms with Crippen LogP contribution < -0.4 is 5.32 Å². The van der Waals surface area contributed by atoms with Gasteiger partial charge in [-0.25, -0.2) is 9.59 Å². The predicted molar refractivity (Wildman–Crippen MR) is 70.0 cm³/mol. The molecule has 0 aliphatic carbocycles. The lowest BCUT2D eigenvalue weighted by atomic mass is 10.1. The Kier molecular flexibility index (Phi) is 4.89. The molecule has 0 aliphatic heterocycles. The van der Waals surface area contributed by atoms with E-state index >= 15 is 0 Å². The molecule has 0 saturated carbocycles. The highest BCUT2D eigenvalue weighted by atomic mass is 16.4. The lowest BCUT2D eigenvalue weighted by molar-refractivity contribution is 0.0697. The summed E-state index contributed by atoms with van der Waals surface area (Å²) in [6.45, 7) is 2.06. The molecular weight excluding hydrogens is 246 g/mol. The van der Waals surface area contributed by atoms with Gasteiger partial charge in [0, 0.05) is 19.3 Å². The van der Waals surface area contributed by atoms with Crippen molar-refractivity contribution in [2.45, 2.75) is 13.3 Å². The number of carbonyl (C=O) groups excluding carboxylic acids is 1. The second-order valence-electron chi connectivity index (χ2n) is 4.09. The molecule has 1 aromatic rings. The minimum atomic E-state index is -1.01. The van der Waals surface area contributed by atoms with E-state index in [1.807, 2.05) is 6.07 Å².